The molecular weight excluding hydrogens is 284 g/mol. The van der Waals surface area contributed by atoms with E-state index in [0.717, 1.165) is 16.4 Å². The first kappa shape index (κ1) is 14.5. The van der Waals surface area contributed by atoms with Crippen LogP contribution in [0, 0.1) is 11.6 Å². The van der Waals surface area contributed by atoms with Crippen molar-refractivity contribution in [3.63, 3.8) is 0 Å². The summed E-state index contributed by atoms with van der Waals surface area (Å²) in [5.74, 6) is -1.91. The molecule has 0 saturated heterocycles. The molecule has 20 heavy (non-hydrogen) atoms. The number of sulfonamides is 1. The number of hydrogen-bond donors (Lipinski definition) is 0. The molecule has 0 bridgehead atoms. The normalized spacial score (nSPS) is 11.3. The smallest absolute Gasteiger partial charge is 0.267 e. The van der Waals surface area contributed by atoms with E-state index in [0.29, 0.717) is 11.8 Å². The molecule has 0 unspecified atom stereocenters. The molecule has 0 radical (unpaired) electrons. The molecule has 0 atom stereocenters. The van der Waals surface area contributed by atoms with Gasteiger partial charge in [-0.15, -0.1) is 0 Å². The maximum atomic E-state index is 13.7. The molecule has 0 amide bonds. The van der Waals surface area contributed by atoms with E-state index in [2.05, 4.69) is 0 Å². The van der Waals surface area contributed by atoms with Crippen molar-refractivity contribution in [1.29, 1.82) is 0 Å². The van der Waals surface area contributed by atoms with Crippen LogP contribution in [-0.2, 0) is 10.0 Å². The molecule has 2 rings (SSSR count). The van der Waals surface area contributed by atoms with Crippen molar-refractivity contribution in [2.24, 2.45) is 0 Å². The van der Waals surface area contributed by atoms with Crippen molar-refractivity contribution in [3.8, 4) is 0 Å². The summed E-state index contributed by atoms with van der Waals surface area (Å²) in [4.78, 5) is -0.537. The SMILES string of the molecule is CCN(c1ccccc1)S(=O)(=O)c1ccc(F)cc1F. The van der Waals surface area contributed by atoms with E-state index in [1.54, 1.807) is 37.3 Å². The van der Waals surface area contributed by atoms with Gasteiger partial charge in [-0.2, -0.15) is 0 Å². The van der Waals surface area contributed by atoms with Crippen molar-refractivity contribution in [2.45, 2.75) is 11.8 Å². The fourth-order valence-corrected chi connectivity index (χ4v) is 3.41. The number of hydrogen-bond acceptors (Lipinski definition) is 2. The summed E-state index contributed by atoms with van der Waals surface area (Å²) in [6.45, 7) is 1.79. The van der Waals surface area contributed by atoms with Crippen molar-refractivity contribution >= 4 is 15.7 Å². The van der Waals surface area contributed by atoms with Crippen LogP contribution >= 0.6 is 0 Å². The van der Waals surface area contributed by atoms with Crippen LogP contribution in [0.25, 0.3) is 0 Å². The zero-order valence-corrected chi connectivity index (χ0v) is 11.6. The van der Waals surface area contributed by atoms with E-state index in [-0.39, 0.29) is 6.54 Å². The second-order valence-corrected chi connectivity index (χ2v) is 5.91. The fraction of sp³-hybridized carbons (Fsp3) is 0.143. The third kappa shape index (κ3) is 2.65. The average Bonchev–Trinajstić information content (AvgIpc) is 2.40. The maximum Gasteiger partial charge on any atom is 0.267 e. The van der Waals surface area contributed by atoms with Gasteiger partial charge in [0.25, 0.3) is 10.0 Å². The van der Waals surface area contributed by atoms with Crippen molar-refractivity contribution < 1.29 is 17.2 Å². The van der Waals surface area contributed by atoms with Gasteiger partial charge < -0.3 is 0 Å². The third-order valence-electron chi connectivity index (χ3n) is 2.79. The van der Waals surface area contributed by atoms with E-state index in [1.807, 2.05) is 0 Å². The van der Waals surface area contributed by atoms with Crippen molar-refractivity contribution in [2.75, 3.05) is 10.8 Å². The van der Waals surface area contributed by atoms with Crippen LogP contribution in [0.5, 0.6) is 0 Å². The van der Waals surface area contributed by atoms with E-state index in [4.69, 9.17) is 0 Å². The van der Waals surface area contributed by atoms with Crippen LogP contribution in [0.15, 0.2) is 53.4 Å². The van der Waals surface area contributed by atoms with Gasteiger partial charge in [-0.25, -0.2) is 17.2 Å². The molecule has 0 fully saturated rings. The minimum atomic E-state index is -4.06. The summed E-state index contributed by atoms with van der Waals surface area (Å²) < 4.78 is 52.6. The Balaban J connectivity index is 2.53. The number of benzene rings is 2. The Hall–Kier alpha value is -1.95. The van der Waals surface area contributed by atoms with Gasteiger partial charge in [-0.05, 0) is 31.2 Å². The largest absolute Gasteiger partial charge is 0.267 e. The highest BCUT2D eigenvalue weighted by molar-refractivity contribution is 7.92. The van der Waals surface area contributed by atoms with Crippen LogP contribution in [0.1, 0.15) is 6.92 Å². The Kier molecular flexibility index (Phi) is 4.04. The molecule has 6 heteroatoms. The Morgan fingerprint density at radius 1 is 1.05 bits per heavy atom. The quantitative estimate of drug-likeness (QED) is 0.869. The summed E-state index contributed by atoms with van der Waals surface area (Å²) in [7, 11) is -4.06. The van der Waals surface area contributed by atoms with Gasteiger partial charge in [0.05, 0.1) is 5.69 Å². The molecule has 0 aliphatic rings. The Morgan fingerprint density at radius 2 is 1.70 bits per heavy atom. The number of halogens is 2. The van der Waals surface area contributed by atoms with Gasteiger partial charge in [-0.3, -0.25) is 4.31 Å². The first-order valence-electron chi connectivity index (χ1n) is 5.99. The molecule has 0 heterocycles. The molecule has 0 aliphatic heterocycles. The Bertz CT molecular complexity index is 702. The lowest BCUT2D eigenvalue weighted by Crippen LogP contribution is -2.31. The van der Waals surface area contributed by atoms with Crippen LogP contribution in [0.3, 0.4) is 0 Å². The monoisotopic (exact) mass is 297 g/mol. The molecule has 2 aromatic rings. The molecule has 0 spiro atoms. The third-order valence-corrected chi connectivity index (χ3v) is 4.73. The van der Waals surface area contributed by atoms with Gasteiger partial charge in [0.15, 0.2) is 0 Å². The molecule has 106 valence electrons. The Morgan fingerprint density at radius 3 is 2.25 bits per heavy atom. The van der Waals surface area contributed by atoms with E-state index in [9.17, 15) is 17.2 Å². The highest BCUT2D eigenvalue weighted by Crippen LogP contribution is 2.25. The zero-order chi connectivity index (χ0) is 14.8. The van der Waals surface area contributed by atoms with Crippen LogP contribution in [-0.4, -0.2) is 15.0 Å². The summed E-state index contributed by atoms with van der Waals surface area (Å²) in [6, 6.07) is 10.8. The van der Waals surface area contributed by atoms with Gasteiger partial charge in [0.1, 0.15) is 16.5 Å². The number of anilines is 1. The summed E-state index contributed by atoms with van der Waals surface area (Å²) in [5, 5.41) is 0. The maximum absolute atomic E-state index is 13.7. The van der Waals surface area contributed by atoms with E-state index < -0.39 is 26.6 Å². The number of rotatable bonds is 4. The highest BCUT2D eigenvalue weighted by Gasteiger charge is 2.26. The lowest BCUT2D eigenvalue weighted by Gasteiger charge is -2.23. The molecule has 0 aromatic heterocycles. The highest BCUT2D eigenvalue weighted by atomic mass is 32.2. The molecule has 0 saturated carbocycles. The topological polar surface area (TPSA) is 37.4 Å². The molecule has 3 nitrogen and oxygen atoms in total. The number of para-hydroxylation sites is 1. The summed E-state index contributed by atoms with van der Waals surface area (Å²) in [5.41, 5.74) is 0.429. The van der Waals surface area contributed by atoms with Crippen LogP contribution in [0.4, 0.5) is 14.5 Å². The minimum absolute atomic E-state index is 0.142. The predicted molar refractivity (Wildman–Crippen MR) is 73.0 cm³/mol. The van der Waals surface area contributed by atoms with Gasteiger partial charge in [0, 0.05) is 12.6 Å². The first-order valence-corrected chi connectivity index (χ1v) is 7.43. The van der Waals surface area contributed by atoms with E-state index in [1.165, 1.54) is 0 Å². The summed E-state index contributed by atoms with van der Waals surface area (Å²) in [6.07, 6.45) is 0. The van der Waals surface area contributed by atoms with E-state index >= 15 is 0 Å². The van der Waals surface area contributed by atoms with Crippen molar-refractivity contribution in [3.05, 3.63) is 60.2 Å². The lowest BCUT2D eigenvalue weighted by molar-refractivity contribution is 0.547. The molecule has 0 N–H and O–H groups in total. The fourth-order valence-electron chi connectivity index (χ4n) is 1.89. The van der Waals surface area contributed by atoms with Gasteiger partial charge in [0.2, 0.25) is 0 Å². The summed E-state index contributed by atoms with van der Waals surface area (Å²) >= 11 is 0. The molecule has 0 aliphatic carbocycles. The first-order chi connectivity index (χ1) is 9.46. The van der Waals surface area contributed by atoms with Crippen LogP contribution < -0.4 is 4.31 Å². The molecule has 2 aromatic carbocycles. The standard InChI is InChI=1S/C14H13F2NO2S/c1-2-17(12-6-4-3-5-7-12)20(18,19)14-9-8-11(15)10-13(14)16/h3-10H,2H2,1H3. The average molecular weight is 297 g/mol. The Labute approximate surface area is 116 Å². The van der Waals surface area contributed by atoms with Crippen molar-refractivity contribution in [1.82, 2.24) is 0 Å². The number of nitrogens with zero attached hydrogens (tertiary/aromatic N) is 1. The lowest BCUT2D eigenvalue weighted by atomic mass is 10.3. The zero-order valence-electron chi connectivity index (χ0n) is 10.8. The van der Waals surface area contributed by atoms with Gasteiger partial charge >= 0.3 is 0 Å². The second-order valence-electron chi connectivity index (χ2n) is 4.08. The molecular formula is C14H13F2NO2S. The second kappa shape index (κ2) is 5.58. The van der Waals surface area contributed by atoms with Crippen LogP contribution in [0.2, 0.25) is 0 Å². The predicted octanol–water partition coefficient (Wildman–Crippen LogP) is 3.18. The van der Waals surface area contributed by atoms with Gasteiger partial charge in [-0.1, -0.05) is 18.2 Å². The minimum Gasteiger partial charge on any atom is -0.267 e.